The van der Waals surface area contributed by atoms with Crippen molar-refractivity contribution in [3.8, 4) is 0 Å². The Morgan fingerprint density at radius 3 is 2.55 bits per heavy atom. The van der Waals surface area contributed by atoms with E-state index in [0.29, 0.717) is 0 Å². The van der Waals surface area contributed by atoms with Crippen LogP contribution in [-0.4, -0.2) is 13.6 Å². The van der Waals surface area contributed by atoms with Crippen molar-refractivity contribution >= 4 is 27.5 Å². The quantitative estimate of drug-likeness (QED) is 0.812. The molecule has 2 rings (SSSR count). The number of rotatable bonds is 5. The normalized spacial score (nSPS) is 12.4. The Labute approximate surface area is 132 Å². The highest BCUT2D eigenvalue weighted by molar-refractivity contribution is 9.10. The van der Waals surface area contributed by atoms with Gasteiger partial charge in [0.2, 0.25) is 0 Å². The monoisotopic (exact) mass is 355 g/mol. The molecule has 0 heterocycles. The van der Waals surface area contributed by atoms with E-state index >= 15 is 0 Å². The minimum absolute atomic E-state index is 0.206. The molecule has 0 amide bonds. The minimum atomic E-state index is -0.206. The lowest BCUT2D eigenvalue weighted by Gasteiger charge is -2.18. The van der Waals surface area contributed by atoms with Gasteiger partial charge in [-0.15, -0.1) is 0 Å². The van der Waals surface area contributed by atoms with Gasteiger partial charge in [-0.25, -0.2) is 4.39 Å². The molecular formula is C16H16BrClFN. The van der Waals surface area contributed by atoms with Gasteiger partial charge in [0.15, 0.2) is 0 Å². The maximum atomic E-state index is 13.4. The van der Waals surface area contributed by atoms with Crippen LogP contribution in [0.25, 0.3) is 0 Å². The van der Waals surface area contributed by atoms with E-state index in [0.717, 1.165) is 28.0 Å². The summed E-state index contributed by atoms with van der Waals surface area (Å²) < 4.78 is 14.3. The smallest absolute Gasteiger partial charge is 0.123 e. The Morgan fingerprint density at radius 2 is 1.90 bits per heavy atom. The first-order valence-corrected chi connectivity index (χ1v) is 7.61. The van der Waals surface area contributed by atoms with Gasteiger partial charge in [0.05, 0.1) is 0 Å². The largest absolute Gasteiger partial charge is 0.319 e. The molecule has 1 N–H and O–H groups in total. The standard InChI is InChI=1S/C16H16BrClFN/c1-20-10-13(11-2-4-14(18)5-3-11)8-12-9-15(19)6-7-16(12)17/h2-7,9,13,20H,8,10H2,1H3. The lowest BCUT2D eigenvalue weighted by molar-refractivity contribution is 0.607. The fourth-order valence-electron chi connectivity index (χ4n) is 2.25. The summed E-state index contributed by atoms with van der Waals surface area (Å²) in [6.07, 6.45) is 0.765. The number of hydrogen-bond acceptors (Lipinski definition) is 1. The molecule has 0 aromatic heterocycles. The Kier molecular flexibility index (Phi) is 5.58. The topological polar surface area (TPSA) is 12.0 Å². The summed E-state index contributed by atoms with van der Waals surface area (Å²) in [5.41, 5.74) is 2.17. The summed E-state index contributed by atoms with van der Waals surface area (Å²) in [5.74, 6) is 0.0675. The summed E-state index contributed by atoms with van der Waals surface area (Å²) >= 11 is 9.41. The lowest BCUT2D eigenvalue weighted by Crippen LogP contribution is -2.19. The molecule has 1 nitrogen and oxygen atoms in total. The van der Waals surface area contributed by atoms with E-state index in [2.05, 4.69) is 21.2 Å². The van der Waals surface area contributed by atoms with Gasteiger partial charge in [-0.1, -0.05) is 39.7 Å². The van der Waals surface area contributed by atoms with Crippen molar-refractivity contribution in [3.05, 3.63) is 68.9 Å². The zero-order chi connectivity index (χ0) is 14.5. The number of benzene rings is 2. The third-order valence-corrected chi connectivity index (χ3v) is 4.29. The third-order valence-electron chi connectivity index (χ3n) is 3.27. The van der Waals surface area contributed by atoms with Crippen LogP contribution in [0.5, 0.6) is 0 Å². The predicted molar refractivity (Wildman–Crippen MR) is 85.9 cm³/mol. The highest BCUT2D eigenvalue weighted by Gasteiger charge is 2.14. The second kappa shape index (κ2) is 7.21. The Balaban J connectivity index is 2.25. The number of likely N-dealkylation sites (N-methyl/N-ethyl adjacent to an activating group) is 1. The highest BCUT2D eigenvalue weighted by atomic mass is 79.9. The zero-order valence-corrected chi connectivity index (χ0v) is 13.5. The van der Waals surface area contributed by atoms with Gasteiger partial charge in [0.1, 0.15) is 5.82 Å². The van der Waals surface area contributed by atoms with Crippen LogP contribution < -0.4 is 5.32 Å². The van der Waals surface area contributed by atoms with Crippen LogP contribution in [0.3, 0.4) is 0 Å². The maximum absolute atomic E-state index is 13.4. The molecule has 0 spiro atoms. The van der Waals surface area contributed by atoms with E-state index in [1.165, 1.54) is 11.6 Å². The average molecular weight is 357 g/mol. The molecule has 0 saturated heterocycles. The molecule has 1 atom stereocenters. The Bertz CT molecular complexity index is 571. The molecule has 2 aromatic rings. The van der Waals surface area contributed by atoms with Gasteiger partial charge >= 0.3 is 0 Å². The maximum Gasteiger partial charge on any atom is 0.123 e. The lowest BCUT2D eigenvalue weighted by atomic mass is 9.92. The zero-order valence-electron chi connectivity index (χ0n) is 11.2. The first-order valence-electron chi connectivity index (χ1n) is 6.44. The van der Waals surface area contributed by atoms with Crippen LogP contribution in [0.2, 0.25) is 5.02 Å². The van der Waals surface area contributed by atoms with E-state index in [1.54, 1.807) is 12.1 Å². The second-order valence-corrected chi connectivity index (χ2v) is 6.04. The van der Waals surface area contributed by atoms with Crippen molar-refractivity contribution in [2.45, 2.75) is 12.3 Å². The molecule has 1 unspecified atom stereocenters. The molecule has 0 aliphatic heterocycles. The molecule has 4 heteroatoms. The van der Waals surface area contributed by atoms with Gasteiger partial charge in [0.25, 0.3) is 0 Å². The van der Waals surface area contributed by atoms with Gasteiger partial charge in [0, 0.05) is 22.0 Å². The first-order chi connectivity index (χ1) is 9.60. The molecule has 2 aromatic carbocycles. The van der Waals surface area contributed by atoms with E-state index in [4.69, 9.17) is 11.6 Å². The van der Waals surface area contributed by atoms with Crippen LogP contribution >= 0.6 is 27.5 Å². The molecule has 0 radical (unpaired) electrons. The van der Waals surface area contributed by atoms with E-state index in [-0.39, 0.29) is 11.7 Å². The SMILES string of the molecule is CNCC(Cc1cc(F)ccc1Br)c1ccc(Cl)cc1. The van der Waals surface area contributed by atoms with Crippen LogP contribution in [0.4, 0.5) is 4.39 Å². The van der Waals surface area contributed by atoms with Gasteiger partial charge in [-0.3, -0.25) is 0 Å². The molecule has 106 valence electrons. The van der Waals surface area contributed by atoms with Crippen LogP contribution in [0, 0.1) is 5.82 Å². The van der Waals surface area contributed by atoms with Gasteiger partial charge < -0.3 is 5.32 Å². The summed E-state index contributed by atoms with van der Waals surface area (Å²) in [7, 11) is 1.92. The van der Waals surface area contributed by atoms with Crippen molar-refractivity contribution in [3.63, 3.8) is 0 Å². The number of hydrogen-bond donors (Lipinski definition) is 1. The summed E-state index contributed by atoms with van der Waals surface area (Å²) in [6.45, 7) is 0.824. The van der Waals surface area contributed by atoms with Crippen molar-refractivity contribution in [2.24, 2.45) is 0 Å². The Morgan fingerprint density at radius 1 is 1.20 bits per heavy atom. The summed E-state index contributed by atoms with van der Waals surface area (Å²) in [6, 6.07) is 12.6. The van der Waals surface area contributed by atoms with E-state index in [9.17, 15) is 4.39 Å². The van der Waals surface area contributed by atoms with E-state index < -0.39 is 0 Å². The molecule has 20 heavy (non-hydrogen) atoms. The van der Waals surface area contributed by atoms with Gasteiger partial charge in [-0.05, 0) is 54.9 Å². The molecule has 0 aliphatic rings. The molecule has 0 bridgehead atoms. The molecule has 0 saturated carbocycles. The van der Waals surface area contributed by atoms with Gasteiger partial charge in [-0.2, -0.15) is 0 Å². The fourth-order valence-corrected chi connectivity index (χ4v) is 2.79. The average Bonchev–Trinajstić information content (AvgIpc) is 2.43. The summed E-state index contributed by atoms with van der Waals surface area (Å²) in [4.78, 5) is 0. The highest BCUT2D eigenvalue weighted by Crippen LogP contribution is 2.26. The molecular weight excluding hydrogens is 341 g/mol. The van der Waals surface area contributed by atoms with Crippen LogP contribution in [-0.2, 0) is 6.42 Å². The molecule has 0 aliphatic carbocycles. The van der Waals surface area contributed by atoms with Crippen molar-refractivity contribution in [1.82, 2.24) is 5.32 Å². The van der Waals surface area contributed by atoms with Crippen molar-refractivity contribution in [1.29, 1.82) is 0 Å². The molecule has 0 fully saturated rings. The third kappa shape index (κ3) is 4.05. The van der Waals surface area contributed by atoms with Crippen molar-refractivity contribution < 1.29 is 4.39 Å². The van der Waals surface area contributed by atoms with Crippen molar-refractivity contribution in [2.75, 3.05) is 13.6 Å². The van der Waals surface area contributed by atoms with Crippen LogP contribution in [0.1, 0.15) is 17.0 Å². The van der Waals surface area contributed by atoms with Crippen LogP contribution in [0.15, 0.2) is 46.9 Å². The fraction of sp³-hybridized carbons (Fsp3) is 0.250. The first kappa shape index (κ1) is 15.5. The predicted octanol–water partition coefficient (Wildman–Crippen LogP) is 4.79. The van der Waals surface area contributed by atoms with E-state index in [1.807, 2.05) is 31.3 Å². The summed E-state index contributed by atoms with van der Waals surface area (Å²) in [5, 5.41) is 3.92. The Hall–Kier alpha value is -0.900. The number of halogens is 3. The number of nitrogens with one attached hydrogen (secondary N) is 1. The second-order valence-electron chi connectivity index (χ2n) is 4.75. The minimum Gasteiger partial charge on any atom is -0.319 e.